The largest absolute Gasteiger partial charge is 0.350 e. The van der Waals surface area contributed by atoms with Gasteiger partial charge < -0.3 is 5.32 Å². The molecule has 0 unspecified atom stereocenters. The molecule has 7 heteroatoms. The number of halogens is 2. The van der Waals surface area contributed by atoms with Gasteiger partial charge in [-0.1, -0.05) is 6.92 Å². The zero-order chi connectivity index (χ0) is 10.8. The summed E-state index contributed by atoms with van der Waals surface area (Å²) in [5.74, 6) is -3.31. The van der Waals surface area contributed by atoms with Crippen LogP contribution >= 0.6 is 0 Å². The van der Waals surface area contributed by atoms with Crippen molar-refractivity contribution < 1.29 is 17.2 Å². The van der Waals surface area contributed by atoms with Crippen molar-refractivity contribution >= 4 is 10.0 Å². The SMILES string of the molecule is CCCN(C1CNC1)S(=O)(=O)C(F)F. The maximum absolute atomic E-state index is 12.3. The fraction of sp³-hybridized carbons (Fsp3) is 1.00. The molecule has 1 N–H and O–H groups in total. The van der Waals surface area contributed by atoms with Gasteiger partial charge in [0.2, 0.25) is 0 Å². The Kier molecular flexibility index (Phi) is 3.79. The Morgan fingerprint density at radius 3 is 2.36 bits per heavy atom. The maximum atomic E-state index is 12.3. The van der Waals surface area contributed by atoms with Crippen molar-refractivity contribution in [2.45, 2.75) is 25.1 Å². The lowest BCUT2D eigenvalue weighted by Gasteiger charge is -2.36. The van der Waals surface area contributed by atoms with E-state index in [0.29, 0.717) is 19.5 Å². The molecule has 0 saturated carbocycles. The van der Waals surface area contributed by atoms with E-state index >= 15 is 0 Å². The van der Waals surface area contributed by atoms with Crippen LogP contribution in [0.3, 0.4) is 0 Å². The summed E-state index contributed by atoms with van der Waals surface area (Å²) in [6.45, 7) is 2.86. The van der Waals surface area contributed by atoms with Gasteiger partial charge in [-0.25, -0.2) is 8.42 Å². The normalized spacial score (nSPS) is 18.9. The number of alkyl halides is 2. The summed E-state index contributed by atoms with van der Waals surface area (Å²) in [5, 5.41) is 2.86. The van der Waals surface area contributed by atoms with Crippen molar-refractivity contribution in [3.8, 4) is 0 Å². The lowest BCUT2D eigenvalue weighted by atomic mass is 10.2. The Bertz CT molecular complexity index is 277. The van der Waals surface area contributed by atoms with E-state index in [0.717, 1.165) is 4.31 Å². The van der Waals surface area contributed by atoms with E-state index in [2.05, 4.69) is 5.32 Å². The topological polar surface area (TPSA) is 49.4 Å². The molecule has 0 aromatic rings. The van der Waals surface area contributed by atoms with Gasteiger partial charge in [-0.15, -0.1) is 0 Å². The van der Waals surface area contributed by atoms with E-state index < -0.39 is 15.8 Å². The molecule has 0 spiro atoms. The number of sulfonamides is 1. The Morgan fingerprint density at radius 2 is 2.07 bits per heavy atom. The van der Waals surface area contributed by atoms with E-state index in [-0.39, 0.29) is 12.6 Å². The Morgan fingerprint density at radius 1 is 1.50 bits per heavy atom. The van der Waals surface area contributed by atoms with Crippen LogP contribution in [0.15, 0.2) is 0 Å². The van der Waals surface area contributed by atoms with Gasteiger partial charge in [-0.05, 0) is 6.42 Å². The van der Waals surface area contributed by atoms with Gasteiger partial charge in [0.1, 0.15) is 0 Å². The first-order valence-electron chi connectivity index (χ1n) is 4.49. The van der Waals surface area contributed by atoms with E-state index in [4.69, 9.17) is 0 Å². The molecule has 0 aromatic carbocycles. The summed E-state index contributed by atoms with van der Waals surface area (Å²) in [5.41, 5.74) is 0. The standard InChI is InChI=1S/C7H14F2N2O2S/c1-2-3-11(6-4-10-5-6)14(12,13)7(8)9/h6-7,10H,2-5H2,1H3. The van der Waals surface area contributed by atoms with Crippen molar-refractivity contribution in [2.75, 3.05) is 19.6 Å². The van der Waals surface area contributed by atoms with Crippen molar-refractivity contribution in [3.63, 3.8) is 0 Å². The molecule has 0 aliphatic carbocycles. The van der Waals surface area contributed by atoms with Gasteiger partial charge in [-0.2, -0.15) is 13.1 Å². The molecule has 1 fully saturated rings. The Balaban J connectivity index is 2.75. The summed E-state index contributed by atoms with van der Waals surface area (Å²) in [6, 6.07) is -0.297. The number of hydrogen-bond donors (Lipinski definition) is 1. The van der Waals surface area contributed by atoms with Gasteiger partial charge in [0, 0.05) is 25.7 Å². The molecule has 0 amide bonds. The second-order valence-corrected chi connectivity index (χ2v) is 5.08. The Labute approximate surface area is 82.3 Å². The molecule has 1 aliphatic rings. The average molecular weight is 228 g/mol. The van der Waals surface area contributed by atoms with Crippen LogP contribution < -0.4 is 5.32 Å². The highest BCUT2D eigenvalue weighted by Crippen LogP contribution is 2.17. The summed E-state index contributed by atoms with van der Waals surface area (Å²) in [6.07, 6.45) is 0.544. The molecular weight excluding hydrogens is 214 g/mol. The van der Waals surface area contributed by atoms with Crippen LogP contribution in [0.1, 0.15) is 13.3 Å². The molecule has 1 saturated heterocycles. The first-order valence-corrected chi connectivity index (χ1v) is 6.00. The summed E-state index contributed by atoms with van der Waals surface area (Å²) in [4.78, 5) is 0. The molecule has 1 rings (SSSR count). The fourth-order valence-corrected chi connectivity index (χ4v) is 2.52. The highest BCUT2D eigenvalue weighted by atomic mass is 32.2. The molecule has 0 bridgehead atoms. The zero-order valence-corrected chi connectivity index (χ0v) is 8.73. The monoisotopic (exact) mass is 228 g/mol. The average Bonchev–Trinajstić information content (AvgIpc) is 2.00. The minimum Gasteiger partial charge on any atom is -0.313 e. The van der Waals surface area contributed by atoms with Gasteiger partial charge in [0.25, 0.3) is 10.0 Å². The molecule has 84 valence electrons. The van der Waals surface area contributed by atoms with Crippen molar-refractivity contribution in [1.82, 2.24) is 9.62 Å². The minimum atomic E-state index is -4.40. The van der Waals surface area contributed by atoms with E-state index in [1.165, 1.54) is 0 Å². The second-order valence-electron chi connectivity index (χ2n) is 3.23. The van der Waals surface area contributed by atoms with Crippen LogP contribution in [-0.2, 0) is 10.0 Å². The predicted octanol–water partition coefficient (Wildman–Crippen LogP) is 0.223. The maximum Gasteiger partial charge on any atom is 0.350 e. The van der Waals surface area contributed by atoms with Crippen LogP contribution in [0, 0.1) is 0 Å². The van der Waals surface area contributed by atoms with Crippen LogP contribution in [0.25, 0.3) is 0 Å². The molecular formula is C7H14F2N2O2S. The van der Waals surface area contributed by atoms with Crippen molar-refractivity contribution in [3.05, 3.63) is 0 Å². The summed E-state index contributed by atoms with van der Waals surface area (Å²) >= 11 is 0. The lowest BCUT2D eigenvalue weighted by molar-refractivity contribution is 0.189. The van der Waals surface area contributed by atoms with Crippen LogP contribution in [0.5, 0.6) is 0 Å². The smallest absolute Gasteiger partial charge is 0.313 e. The fourth-order valence-electron chi connectivity index (χ4n) is 1.32. The third-order valence-electron chi connectivity index (χ3n) is 2.16. The zero-order valence-electron chi connectivity index (χ0n) is 7.91. The van der Waals surface area contributed by atoms with Gasteiger partial charge in [-0.3, -0.25) is 0 Å². The van der Waals surface area contributed by atoms with Gasteiger partial charge in [0.15, 0.2) is 0 Å². The first kappa shape index (κ1) is 11.8. The number of nitrogens with zero attached hydrogens (tertiary/aromatic N) is 1. The molecule has 0 radical (unpaired) electrons. The highest BCUT2D eigenvalue weighted by Gasteiger charge is 2.38. The third-order valence-corrected chi connectivity index (χ3v) is 3.75. The number of rotatable bonds is 5. The van der Waals surface area contributed by atoms with Crippen molar-refractivity contribution in [2.24, 2.45) is 0 Å². The number of hydrogen-bond acceptors (Lipinski definition) is 3. The summed E-state index contributed by atoms with van der Waals surface area (Å²) < 4.78 is 47.8. The quantitative estimate of drug-likeness (QED) is 0.732. The van der Waals surface area contributed by atoms with E-state index in [9.17, 15) is 17.2 Å². The number of nitrogens with one attached hydrogen (secondary N) is 1. The Hall–Kier alpha value is -0.270. The van der Waals surface area contributed by atoms with E-state index in [1.807, 2.05) is 0 Å². The second kappa shape index (κ2) is 4.50. The van der Waals surface area contributed by atoms with Gasteiger partial charge >= 0.3 is 5.76 Å². The highest BCUT2D eigenvalue weighted by molar-refractivity contribution is 7.89. The molecule has 1 aliphatic heterocycles. The minimum absolute atomic E-state index is 0.166. The van der Waals surface area contributed by atoms with E-state index in [1.54, 1.807) is 6.92 Å². The molecule has 4 nitrogen and oxygen atoms in total. The molecule has 14 heavy (non-hydrogen) atoms. The van der Waals surface area contributed by atoms with Crippen LogP contribution in [-0.4, -0.2) is 44.2 Å². The van der Waals surface area contributed by atoms with Crippen LogP contribution in [0.4, 0.5) is 8.78 Å². The van der Waals surface area contributed by atoms with Crippen molar-refractivity contribution in [1.29, 1.82) is 0 Å². The molecule has 1 heterocycles. The molecule has 0 atom stereocenters. The summed E-state index contributed by atoms with van der Waals surface area (Å²) in [7, 11) is -4.40. The predicted molar refractivity (Wildman–Crippen MR) is 48.6 cm³/mol. The first-order chi connectivity index (χ1) is 6.50. The van der Waals surface area contributed by atoms with Gasteiger partial charge in [0.05, 0.1) is 0 Å². The molecule has 0 aromatic heterocycles. The lowest BCUT2D eigenvalue weighted by Crippen LogP contribution is -2.59. The third kappa shape index (κ3) is 2.21. The van der Waals surface area contributed by atoms with Crippen LogP contribution in [0.2, 0.25) is 0 Å².